The van der Waals surface area contributed by atoms with Crippen molar-refractivity contribution in [1.29, 1.82) is 0 Å². The molecule has 0 saturated heterocycles. The number of allylic oxidation sites excluding steroid dienone is 1. The van der Waals surface area contributed by atoms with Crippen LogP contribution in [0.4, 0.5) is 0 Å². The van der Waals surface area contributed by atoms with Crippen LogP contribution in [0.3, 0.4) is 0 Å². The fourth-order valence-electron chi connectivity index (χ4n) is 4.09. The van der Waals surface area contributed by atoms with E-state index in [9.17, 15) is 0 Å². The van der Waals surface area contributed by atoms with E-state index in [2.05, 4.69) is 119 Å². The van der Waals surface area contributed by atoms with Crippen LogP contribution in [0.5, 0.6) is 0 Å². The van der Waals surface area contributed by atoms with E-state index in [1.165, 1.54) is 39.0 Å². The highest BCUT2D eigenvalue weighted by atomic mass is 28.4. The van der Waals surface area contributed by atoms with Crippen LogP contribution < -0.4 is 0 Å². The van der Waals surface area contributed by atoms with Crippen molar-refractivity contribution in [1.82, 2.24) is 0 Å². The zero-order chi connectivity index (χ0) is 22.9. The van der Waals surface area contributed by atoms with Gasteiger partial charge in [-0.25, -0.2) is 0 Å². The molecule has 0 amide bonds. The van der Waals surface area contributed by atoms with E-state index >= 15 is 0 Å². The number of benzene rings is 3. The molecule has 1 aliphatic carbocycles. The standard InChI is InChI=1S/C30H34OSi/c1-22(31-32(5,6)30(2,3)4)25-20-19-24-15-12-18-28(29(24)21-25)27-17-11-10-16-26(27)23-13-8-7-9-14-23/h7-18,21H,1,19-20H2,2-6H3. The molecule has 0 bridgehead atoms. The topological polar surface area (TPSA) is 9.23 Å². The largest absolute Gasteiger partial charge is 0.544 e. The molecule has 0 aromatic heterocycles. The van der Waals surface area contributed by atoms with Crippen molar-refractivity contribution in [2.24, 2.45) is 0 Å². The summed E-state index contributed by atoms with van der Waals surface area (Å²) < 4.78 is 6.57. The smallest absolute Gasteiger partial charge is 0.250 e. The molecule has 0 N–H and O–H groups in total. The highest BCUT2D eigenvalue weighted by molar-refractivity contribution is 6.74. The fourth-order valence-corrected chi connectivity index (χ4v) is 5.14. The van der Waals surface area contributed by atoms with Crippen molar-refractivity contribution in [2.45, 2.75) is 51.7 Å². The van der Waals surface area contributed by atoms with E-state index in [-0.39, 0.29) is 5.04 Å². The second-order valence-corrected chi connectivity index (χ2v) is 15.0. The van der Waals surface area contributed by atoms with Gasteiger partial charge in [0.2, 0.25) is 8.32 Å². The summed E-state index contributed by atoms with van der Waals surface area (Å²) in [7, 11) is -1.91. The molecule has 1 nitrogen and oxygen atoms in total. The van der Waals surface area contributed by atoms with Gasteiger partial charge < -0.3 is 4.43 Å². The summed E-state index contributed by atoms with van der Waals surface area (Å²) in [5.41, 5.74) is 8.98. The Morgan fingerprint density at radius 3 is 2.09 bits per heavy atom. The van der Waals surface area contributed by atoms with Crippen LogP contribution in [0, 0.1) is 0 Å². The lowest BCUT2D eigenvalue weighted by Crippen LogP contribution is -2.40. The Bertz CT molecular complexity index is 1160. The van der Waals surface area contributed by atoms with Gasteiger partial charge in [-0.3, -0.25) is 0 Å². The van der Waals surface area contributed by atoms with E-state index in [1.807, 2.05) is 0 Å². The third kappa shape index (κ3) is 4.38. The van der Waals surface area contributed by atoms with Gasteiger partial charge in [-0.2, -0.15) is 0 Å². The molecule has 164 valence electrons. The zero-order valence-corrected chi connectivity index (χ0v) is 21.0. The first-order valence-electron chi connectivity index (χ1n) is 11.5. The van der Waals surface area contributed by atoms with Crippen LogP contribution in [-0.4, -0.2) is 8.32 Å². The first-order valence-corrected chi connectivity index (χ1v) is 14.4. The Hall–Kier alpha value is -2.84. The van der Waals surface area contributed by atoms with Gasteiger partial charge in [0.1, 0.15) is 0 Å². The van der Waals surface area contributed by atoms with Gasteiger partial charge in [0.05, 0.1) is 5.76 Å². The third-order valence-corrected chi connectivity index (χ3v) is 11.4. The Kier molecular flexibility index (Phi) is 6.00. The van der Waals surface area contributed by atoms with Crippen LogP contribution >= 0.6 is 0 Å². The second kappa shape index (κ2) is 8.59. The molecule has 0 aliphatic heterocycles. The molecule has 4 rings (SSSR count). The van der Waals surface area contributed by atoms with E-state index in [1.54, 1.807) is 0 Å². The third-order valence-electron chi connectivity index (χ3n) is 7.02. The lowest BCUT2D eigenvalue weighted by Gasteiger charge is -2.38. The Balaban J connectivity index is 1.76. The van der Waals surface area contributed by atoms with E-state index < -0.39 is 8.32 Å². The molecule has 2 heteroatoms. The summed E-state index contributed by atoms with van der Waals surface area (Å²) in [6, 6.07) is 26.1. The molecule has 32 heavy (non-hydrogen) atoms. The van der Waals surface area contributed by atoms with E-state index in [0.717, 1.165) is 18.6 Å². The van der Waals surface area contributed by atoms with Crippen molar-refractivity contribution in [3.05, 3.63) is 102 Å². The van der Waals surface area contributed by atoms with Crippen LogP contribution in [-0.2, 0) is 10.8 Å². The minimum atomic E-state index is -1.91. The molecule has 0 unspecified atom stereocenters. The predicted molar refractivity (Wildman–Crippen MR) is 141 cm³/mol. The van der Waals surface area contributed by atoms with Crippen molar-refractivity contribution >= 4 is 14.4 Å². The summed E-state index contributed by atoms with van der Waals surface area (Å²) in [4.78, 5) is 0. The number of aryl methyl sites for hydroxylation is 1. The highest BCUT2D eigenvalue weighted by Crippen LogP contribution is 2.42. The molecule has 3 aromatic carbocycles. The molecule has 0 atom stereocenters. The monoisotopic (exact) mass is 438 g/mol. The number of hydrogen-bond donors (Lipinski definition) is 0. The summed E-state index contributed by atoms with van der Waals surface area (Å²) >= 11 is 0. The van der Waals surface area contributed by atoms with Gasteiger partial charge in [0.25, 0.3) is 0 Å². The molecule has 1 aliphatic rings. The molecular formula is C30H34OSi. The quantitative estimate of drug-likeness (QED) is 0.285. The minimum Gasteiger partial charge on any atom is -0.544 e. The van der Waals surface area contributed by atoms with Gasteiger partial charge in [-0.05, 0) is 76.0 Å². The molecular weight excluding hydrogens is 404 g/mol. The average molecular weight is 439 g/mol. The van der Waals surface area contributed by atoms with Crippen molar-refractivity contribution in [3.63, 3.8) is 0 Å². The summed E-state index contributed by atoms with van der Waals surface area (Å²) in [6.45, 7) is 15.8. The normalized spacial score (nSPS) is 13.8. The lowest BCUT2D eigenvalue weighted by molar-refractivity contribution is 0.392. The van der Waals surface area contributed by atoms with Crippen LogP contribution in [0.1, 0.15) is 38.3 Å². The Labute approximate surface area is 194 Å². The molecule has 0 saturated carbocycles. The van der Waals surface area contributed by atoms with Gasteiger partial charge in [0, 0.05) is 0 Å². The maximum absolute atomic E-state index is 6.57. The Morgan fingerprint density at radius 1 is 0.781 bits per heavy atom. The van der Waals surface area contributed by atoms with Crippen molar-refractivity contribution in [2.75, 3.05) is 0 Å². The first-order chi connectivity index (χ1) is 15.2. The average Bonchev–Trinajstić information content (AvgIpc) is 2.78. The highest BCUT2D eigenvalue weighted by Gasteiger charge is 2.39. The van der Waals surface area contributed by atoms with Crippen LogP contribution in [0.15, 0.2) is 90.7 Å². The van der Waals surface area contributed by atoms with Gasteiger partial charge in [-0.1, -0.05) is 100 Å². The summed E-state index contributed by atoms with van der Waals surface area (Å²) in [6.07, 6.45) is 4.32. The fraction of sp³-hybridized carbons (Fsp3) is 0.267. The zero-order valence-electron chi connectivity index (χ0n) is 20.0. The number of rotatable bonds is 5. The van der Waals surface area contributed by atoms with Crippen molar-refractivity contribution in [3.8, 4) is 22.3 Å². The predicted octanol–water partition coefficient (Wildman–Crippen LogP) is 8.89. The molecule has 0 fully saturated rings. The molecule has 3 aromatic rings. The maximum Gasteiger partial charge on any atom is 0.250 e. The van der Waals surface area contributed by atoms with E-state index in [4.69, 9.17) is 4.43 Å². The van der Waals surface area contributed by atoms with E-state index in [0.29, 0.717) is 0 Å². The van der Waals surface area contributed by atoms with Crippen molar-refractivity contribution < 1.29 is 4.43 Å². The summed E-state index contributed by atoms with van der Waals surface area (Å²) in [5, 5.41) is 0.156. The SMILES string of the molecule is C=C(O[Si](C)(C)C(C)(C)C)C1=Cc2c(cccc2-c2ccccc2-c2ccccc2)CC1. The second-order valence-electron chi connectivity index (χ2n) is 10.2. The van der Waals surface area contributed by atoms with Crippen LogP contribution in [0.25, 0.3) is 28.3 Å². The molecule has 0 heterocycles. The summed E-state index contributed by atoms with van der Waals surface area (Å²) in [5.74, 6) is 0.855. The number of hydrogen-bond acceptors (Lipinski definition) is 1. The van der Waals surface area contributed by atoms with Gasteiger partial charge in [-0.15, -0.1) is 0 Å². The lowest BCUT2D eigenvalue weighted by atomic mass is 9.84. The number of fused-ring (bicyclic) bond motifs is 1. The molecule has 0 spiro atoms. The van der Waals surface area contributed by atoms with Gasteiger partial charge in [0.15, 0.2) is 0 Å². The van der Waals surface area contributed by atoms with Crippen LogP contribution in [0.2, 0.25) is 18.1 Å². The Morgan fingerprint density at radius 2 is 1.41 bits per heavy atom. The first kappa shape index (κ1) is 22.4. The van der Waals surface area contributed by atoms with Gasteiger partial charge >= 0.3 is 0 Å². The maximum atomic E-state index is 6.57. The minimum absolute atomic E-state index is 0.156. The molecule has 0 radical (unpaired) electrons.